The highest BCUT2D eigenvalue weighted by Gasteiger charge is 2.14. The molecule has 0 aliphatic rings. The van der Waals surface area contributed by atoms with Crippen LogP contribution in [0.5, 0.6) is 0 Å². The van der Waals surface area contributed by atoms with Crippen molar-refractivity contribution in [1.29, 1.82) is 0 Å². The van der Waals surface area contributed by atoms with E-state index in [0.717, 1.165) is 17.8 Å². The average Bonchev–Trinajstić information content (AvgIpc) is 2.85. The zero-order valence-electron chi connectivity index (χ0n) is 12.3. The van der Waals surface area contributed by atoms with Gasteiger partial charge < -0.3 is 15.2 Å². The predicted octanol–water partition coefficient (Wildman–Crippen LogP) is 3.46. The van der Waals surface area contributed by atoms with Gasteiger partial charge in [0.25, 0.3) is 0 Å². The van der Waals surface area contributed by atoms with E-state index in [1.165, 1.54) is 0 Å². The van der Waals surface area contributed by atoms with Crippen LogP contribution in [-0.2, 0) is 4.74 Å². The number of hydrogen-bond acceptors (Lipinski definition) is 6. The molecule has 2 rings (SSSR count). The Morgan fingerprint density at radius 2 is 2.18 bits per heavy atom. The zero-order chi connectivity index (χ0) is 16.1. The van der Waals surface area contributed by atoms with Crippen molar-refractivity contribution in [2.45, 2.75) is 20.3 Å². The Bertz CT molecular complexity index is 697. The second kappa shape index (κ2) is 7.04. The van der Waals surface area contributed by atoms with Crippen LogP contribution >= 0.6 is 11.3 Å². The lowest BCUT2D eigenvalue weighted by atomic mass is 10.2. The van der Waals surface area contributed by atoms with Gasteiger partial charge in [-0.15, -0.1) is 0 Å². The second-order valence-electron chi connectivity index (χ2n) is 4.58. The van der Waals surface area contributed by atoms with Crippen molar-refractivity contribution in [2.24, 2.45) is 0 Å². The fourth-order valence-electron chi connectivity index (χ4n) is 1.77. The minimum Gasteiger partial charge on any atom is -0.477 e. The number of anilines is 2. The van der Waals surface area contributed by atoms with Crippen LogP contribution in [0.1, 0.15) is 39.1 Å². The van der Waals surface area contributed by atoms with Crippen LogP contribution in [-0.4, -0.2) is 28.6 Å². The van der Waals surface area contributed by atoms with Crippen LogP contribution in [0.3, 0.4) is 0 Å². The van der Waals surface area contributed by atoms with Crippen LogP contribution in [0.2, 0.25) is 0 Å². The monoisotopic (exact) mass is 320 g/mol. The van der Waals surface area contributed by atoms with E-state index in [0.29, 0.717) is 28.7 Å². The normalized spacial score (nSPS) is 10.3. The van der Waals surface area contributed by atoms with E-state index in [2.05, 4.69) is 10.3 Å². The van der Waals surface area contributed by atoms with Crippen LogP contribution in [0.25, 0.3) is 0 Å². The van der Waals surface area contributed by atoms with Crippen molar-refractivity contribution in [1.82, 2.24) is 4.98 Å². The summed E-state index contributed by atoms with van der Waals surface area (Å²) in [6.07, 6.45) is 0.764. The second-order valence-corrected chi connectivity index (χ2v) is 5.58. The molecule has 2 aromatic rings. The van der Waals surface area contributed by atoms with Gasteiger partial charge in [-0.1, -0.05) is 24.3 Å². The summed E-state index contributed by atoms with van der Waals surface area (Å²) in [5.41, 5.74) is 1.54. The van der Waals surface area contributed by atoms with Gasteiger partial charge in [-0.05, 0) is 31.5 Å². The third kappa shape index (κ3) is 3.82. The Labute approximate surface area is 131 Å². The van der Waals surface area contributed by atoms with Crippen molar-refractivity contribution < 1.29 is 19.4 Å². The molecule has 6 nitrogen and oxygen atoms in total. The summed E-state index contributed by atoms with van der Waals surface area (Å²) < 4.78 is 5.08. The summed E-state index contributed by atoms with van der Waals surface area (Å²) in [5, 5.41) is 12.5. The number of aromatic nitrogens is 1. The molecule has 0 aliphatic heterocycles. The molecule has 0 unspecified atom stereocenters. The van der Waals surface area contributed by atoms with Gasteiger partial charge in [-0.2, -0.15) is 0 Å². The first-order chi connectivity index (χ1) is 10.5. The quantitative estimate of drug-likeness (QED) is 0.792. The largest absolute Gasteiger partial charge is 0.477 e. The molecule has 0 bridgehead atoms. The molecule has 116 valence electrons. The summed E-state index contributed by atoms with van der Waals surface area (Å²) in [4.78, 5) is 27.2. The molecule has 0 amide bonds. The van der Waals surface area contributed by atoms with Crippen molar-refractivity contribution in [3.63, 3.8) is 0 Å². The van der Waals surface area contributed by atoms with Crippen molar-refractivity contribution >= 4 is 34.1 Å². The lowest BCUT2D eigenvalue weighted by Crippen LogP contribution is -2.06. The molecule has 0 radical (unpaired) electrons. The van der Waals surface area contributed by atoms with E-state index in [1.54, 1.807) is 31.2 Å². The molecule has 7 heteroatoms. The predicted molar refractivity (Wildman–Crippen MR) is 84.1 cm³/mol. The number of carboxylic acid groups (broad SMARTS) is 1. The summed E-state index contributed by atoms with van der Waals surface area (Å²) >= 11 is 1.05. The topological polar surface area (TPSA) is 88.5 Å². The van der Waals surface area contributed by atoms with Crippen LogP contribution in [0.15, 0.2) is 24.3 Å². The number of benzene rings is 1. The Balaban J connectivity index is 2.15. The molecule has 0 atom stereocenters. The lowest BCUT2D eigenvalue weighted by Gasteiger charge is -2.06. The molecule has 0 fully saturated rings. The molecule has 1 aromatic heterocycles. The molecule has 0 spiro atoms. The summed E-state index contributed by atoms with van der Waals surface area (Å²) in [6.45, 7) is 3.95. The number of thiazole rings is 1. The summed E-state index contributed by atoms with van der Waals surface area (Å²) in [7, 11) is 0. The highest BCUT2D eigenvalue weighted by atomic mass is 32.1. The Kier molecular flexibility index (Phi) is 5.11. The number of rotatable bonds is 6. The van der Waals surface area contributed by atoms with Gasteiger partial charge in [0.1, 0.15) is 4.88 Å². The van der Waals surface area contributed by atoms with Gasteiger partial charge in [0.15, 0.2) is 5.13 Å². The van der Waals surface area contributed by atoms with E-state index in [-0.39, 0.29) is 10.8 Å². The number of ether oxygens (including phenoxy) is 1. The highest BCUT2D eigenvalue weighted by molar-refractivity contribution is 7.17. The number of nitrogens with zero attached hydrogens (tertiary/aromatic N) is 1. The molecule has 2 N–H and O–H groups in total. The fourth-order valence-corrected chi connectivity index (χ4v) is 2.60. The van der Waals surface area contributed by atoms with Crippen LogP contribution in [0, 0.1) is 6.92 Å². The molecule has 0 aliphatic carbocycles. The summed E-state index contributed by atoms with van der Waals surface area (Å²) in [5.74, 6) is -1.38. The number of aryl methyl sites for hydroxylation is 1. The molecule has 0 saturated carbocycles. The average molecular weight is 320 g/mol. The van der Waals surface area contributed by atoms with Crippen molar-refractivity contribution in [3.8, 4) is 0 Å². The highest BCUT2D eigenvalue weighted by Crippen LogP contribution is 2.26. The molecule has 1 aromatic carbocycles. The van der Waals surface area contributed by atoms with Crippen molar-refractivity contribution in [2.75, 3.05) is 11.9 Å². The van der Waals surface area contributed by atoms with Gasteiger partial charge in [-0.3, -0.25) is 0 Å². The van der Waals surface area contributed by atoms with Crippen LogP contribution < -0.4 is 5.32 Å². The van der Waals surface area contributed by atoms with E-state index >= 15 is 0 Å². The number of hydrogen-bond donors (Lipinski definition) is 2. The smallest absolute Gasteiger partial charge is 0.347 e. The number of carbonyl (C=O) groups is 2. The van der Waals surface area contributed by atoms with E-state index in [4.69, 9.17) is 9.84 Å². The first-order valence-corrected chi connectivity index (χ1v) is 7.58. The van der Waals surface area contributed by atoms with Gasteiger partial charge in [0.05, 0.1) is 17.9 Å². The van der Waals surface area contributed by atoms with Gasteiger partial charge in [-0.25, -0.2) is 14.6 Å². The van der Waals surface area contributed by atoms with Gasteiger partial charge in [0.2, 0.25) is 0 Å². The SMILES string of the molecule is CCCOC(=O)c1cccc(Nc2nc(C)c(C(=O)O)s2)c1. The number of nitrogens with one attached hydrogen (secondary N) is 1. The maximum absolute atomic E-state index is 11.8. The minimum atomic E-state index is -1.00. The van der Waals surface area contributed by atoms with E-state index in [1.807, 2.05) is 6.92 Å². The molecule has 22 heavy (non-hydrogen) atoms. The Morgan fingerprint density at radius 1 is 1.41 bits per heavy atom. The number of esters is 1. The zero-order valence-corrected chi connectivity index (χ0v) is 13.1. The van der Waals surface area contributed by atoms with Crippen molar-refractivity contribution in [3.05, 3.63) is 40.4 Å². The Hall–Kier alpha value is -2.41. The first-order valence-electron chi connectivity index (χ1n) is 6.76. The standard InChI is InChI=1S/C15H16N2O4S/c1-3-7-21-14(20)10-5-4-6-11(8-10)17-15-16-9(2)12(22-15)13(18)19/h4-6,8H,3,7H2,1-2H3,(H,16,17)(H,18,19). The molecule has 0 saturated heterocycles. The van der Waals surface area contributed by atoms with Gasteiger partial charge in [0, 0.05) is 5.69 Å². The fraction of sp³-hybridized carbons (Fsp3) is 0.267. The minimum absolute atomic E-state index is 0.195. The van der Waals surface area contributed by atoms with E-state index < -0.39 is 5.97 Å². The number of carbonyl (C=O) groups excluding carboxylic acids is 1. The third-order valence-corrected chi connectivity index (χ3v) is 3.84. The molecular weight excluding hydrogens is 304 g/mol. The van der Waals surface area contributed by atoms with Crippen LogP contribution in [0.4, 0.5) is 10.8 Å². The third-order valence-electron chi connectivity index (χ3n) is 2.78. The number of aromatic carboxylic acids is 1. The summed E-state index contributed by atoms with van der Waals surface area (Å²) in [6, 6.07) is 6.81. The van der Waals surface area contributed by atoms with Gasteiger partial charge >= 0.3 is 11.9 Å². The Morgan fingerprint density at radius 3 is 2.82 bits per heavy atom. The lowest BCUT2D eigenvalue weighted by molar-refractivity contribution is 0.0504. The molecule has 1 heterocycles. The first kappa shape index (κ1) is 16.0. The molecular formula is C15H16N2O4S. The maximum Gasteiger partial charge on any atom is 0.347 e. The maximum atomic E-state index is 11.8. The number of carboxylic acids is 1. The van der Waals surface area contributed by atoms with E-state index in [9.17, 15) is 9.59 Å².